The Balaban J connectivity index is 0.00000456. The van der Waals surface area contributed by atoms with Crippen LogP contribution in [0, 0.1) is 15.5 Å². The number of benzene rings is 2. The monoisotopic (exact) mass is 524 g/mol. The molecule has 1 aliphatic rings. The number of phenolic OH excluding ortho intramolecular Hbond substituents is 1. The van der Waals surface area contributed by atoms with Gasteiger partial charge in [-0.2, -0.15) is 5.11 Å². The fourth-order valence-electron chi connectivity index (χ4n) is 4.31. The van der Waals surface area contributed by atoms with Crippen LogP contribution in [0.5, 0.6) is 5.75 Å². The van der Waals surface area contributed by atoms with Gasteiger partial charge in [-0.15, -0.1) is 5.11 Å². The van der Waals surface area contributed by atoms with E-state index >= 15 is 0 Å². The Bertz CT molecular complexity index is 1320. The molecule has 0 saturated heterocycles. The predicted octanol–water partition coefficient (Wildman–Crippen LogP) is 0.692. The van der Waals surface area contributed by atoms with E-state index in [-0.39, 0.29) is 70.3 Å². The molecular formula is C23H23N3NaO8S-. The van der Waals surface area contributed by atoms with Gasteiger partial charge < -0.3 is 19.6 Å². The summed E-state index contributed by atoms with van der Waals surface area (Å²) in [5.41, 5.74) is 0.757. The smallest absolute Gasteiger partial charge is 0.748 e. The molecule has 0 bridgehead atoms. The molecule has 0 heterocycles. The number of azo groups is 1. The number of nitro benzene ring substituents is 1. The molecular weight excluding hydrogens is 501 g/mol. The molecule has 2 aromatic rings. The molecule has 36 heavy (non-hydrogen) atoms. The van der Waals surface area contributed by atoms with Crippen LogP contribution in [-0.4, -0.2) is 34.7 Å². The maximum Gasteiger partial charge on any atom is 1.00 e. The molecule has 1 unspecified atom stereocenters. The number of carbonyl (C=O) groups is 1. The summed E-state index contributed by atoms with van der Waals surface area (Å²) in [7, 11) is -4.63. The van der Waals surface area contributed by atoms with E-state index in [9.17, 15) is 38.1 Å². The van der Waals surface area contributed by atoms with Gasteiger partial charge in [0.2, 0.25) is 0 Å². The molecule has 2 aromatic carbocycles. The van der Waals surface area contributed by atoms with Crippen molar-refractivity contribution in [1.29, 1.82) is 0 Å². The van der Waals surface area contributed by atoms with E-state index in [2.05, 4.69) is 10.2 Å². The third kappa shape index (κ3) is 7.43. The Labute approximate surface area is 230 Å². The summed E-state index contributed by atoms with van der Waals surface area (Å²) in [6.45, 7) is 3.69. The predicted molar refractivity (Wildman–Crippen MR) is 123 cm³/mol. The van der Waals surface area contributed by atoms with Crippen LogP contribution in [0.3, 0.4) is 0 Å². The Morgan fingerprint density at radius 1 is 1.17 bits per heavy atom. The van der Waals surface area contributed by atoms with Crippen LogP contribution in [-0.2, 0) is 14.9 Å². The number of aliphatic carboxylic acids is 1. The normalized spacial score (nSPS) is 16.6. The summed E-state index contributed by atoms with van der Waals surface area (Å²) in [4.78, 5) is 21.1. The average Bonchev–Trinajstić information content (AvgIpc) is 2.73. The first-order valence-corrected chi connectivity index (χ1v) is 12.2. The van der Waals surface area contributed by atoms with Gasteiger partial charge in [0, 0.05) is 18.1 Å². The number of hydrogen-bond acceptors (Lipinski definition) is 10. The van der Waals surface area contributed by atoms with E-state index < -0.39 is 32.2 Å². The van der Waals surface area contributed by atoms with Crippen molar-refractivity contribution in [3.8, 4) is 5.75 Å². The number of aromatic hydroxyl groups is 1. The van der Waals surface area contributed by atoms with Crippen LogP contribution in [0.15, 0.2) is 52.7 Å². The number of fused-ring (bicyclic) bond motifs is 1. The van der Waals surface area contributed by atoms with Gasteiger partial charge in [-0.3, -0.25) is 10.1 Å². The first-order chi connectivity index (χ1) is 16.3. The summed E-state index contributed by atoms with van der Waals surface area (Å²) in [6, 6.07) is 8.11. The second kappa shape index (κ2) is 11.6. The summed E-state index contributed by atoms with van der Waals surface area (Å²) in [5.74, 6) is -2.47. The van der Waals surface area contributed by atoms with Gasteiger partial charge in [-0.25, -0.2) is 8.42 Å². The van der Waals surface area contributed by atoms with Crippen molar-refractivity contribution in [2.24, 2.45) is 15.6 Å². The fourth-order valence-corrected chi connectivity index (χ4v) is 4.93. The first-order valence-electron chi connectivity index (χ1n) is 10.7. The summed E-state index contributed by atoms with van der Waals surface area (Å²) in [6.07, 6.45) is 2.26. The van der Waals surface area contributed by atoms with Crippen LogP contribution < -0.4 is 34.7 Å². The molecule has 0 amide bonds. The minimum absolute atomic E-state index is 0. The minimum Gasteiger partial charge on any atom is -0.748 e. The van der Waals surface area contributed by atoms with Crippen molar-refractivity contribution in [2.45, 2.75) is 39.0 Å². The van der Waals surface area contributed by atoms with Crippen molar-refractivity contribution in [3.63, 3.8) is 0 Å². The number of non-ortho nitro benzene ring substituents is 1. The molecule has 11 nitrogen and oxygen atoms in total. The maximum absolute atomic E-state index is 11.6. The van der Waals surface area contributed by atoms with Gasteiger partial charge >= 0.3 is 29.6 Å². The third-order valence-electron chi connectivity index (χ3n) is 5.85. The Hall–Kier alpha value is -2.64. The van der Waals surface area contributed by atoms with Gasteiger partial charge in [0.1, 0.15) is 11.4 Å². The molecule has 1 aliphatic carbocycles. The van der Waals surface area contributed by atoms with Gasteiger partial charge in [-0.05, 0) is 71.6 Å². The molecule has 0 spiro atoms. The first kappa shape index (κ1) is 29.6. The number of phenols is 1. The second-order valence-electron chi connectivity index (χ2n) is 8.91. The van der Waals surface area contributed by atoms with Crippen molar-refractivity contribution < 1.29 is 62.5 Å². The Kier molecular flexibility index (Phi) is 9.54. The number of carboxylic acids is 1. The standard InChI is InChI=1S/C23H25N3O8S.Na/c1-23(2)12-14(13-35(32,33)34)17-10-20(25-24-15-6-8-16(9-7-15)26(30)31)21(27)11-18(17)19(23)4-3-5-22(28)29;/h6-12,19,27H,3-5,13H2,1-2H3,(H,28,29)(H,32,33,34);/q;+1/p-2. The van der Waals surface area contributed by atoms with Crippen molar-refractivity contribution >= 4 is 38.7 Å². The molecule has 13 heteroatoms. The molecule has 0 radical (unpaired) electrons. The quantitative estimate of drug-likeness (QED) is 0.163. The van der Waals surface area contributed by atoms with Gasteiger partial charge in [0.05, 0.1) is 26.5 Å². The molecule has 3 rings (SSSR count). The molecule has 0 aromatic heterocycles. The third-order valence-corrected chi connectivity index (χ3v) is 6.52. The number of hydrogen-bond donors (Lipinski definition) is 1. The molecule has 186 valence electrons. The SMILES string of the molecule is CC1(C)C=C(CS(=O)(=O)[O-])c2cc(N=Nc3ccc([N+](=O)[O-])cc3)c(O)cc2C1CCCC(=O)[O-].[Na+]. The van der Waals surface area contributed by atoms with Gasteiger partial charge in [0.15, 0.2) is 0 Å². The number of nitrogens with zero attached hydrogens (tertiary/aromatic N) is 3. The largest absolute Gasteiger partial charge is 1.00 e. The summed E-state index contributed by atoms with van der Waals surface area (Å²) >= 11 is 0. The maximum atomic E-state index is 11.6. The number of carboxylic acid groups (broad SMARTS) is 1. The zero-order valence-corrected chi connectivity index (χ0v) is 22.8. The number of rotatable bonds is 9. The van der Waals surface area contributed by atoms with Gasteiger partial charge in [-0.1, -0.05) is 19.9 Å². The van der Waals surface area contributed by atoms with Crippen LogP contribution >= 0.6 is 0 Å². The Morgan fingerprint density at radius 3 is 2.36 bits per heavy atom. The fraction of sp³-hybridized carbons (Fsp3) is 0.348. The van der Waals surface area contributed by atoms with Crippen molar-refractivity contribution in [3.05, 3.63) is 63.7 Å². The zero-order chi connectivity index (χ0) is 26.0. The number of carbonyl (C=O) groups excluding carboxylic acids is 1. The van der Waals surface area contributed by atoms with Crippen molar-refractivity contribution in [1.82, 2.24) is 0 Å². The second-order valence-corrected chi connectivity index (χ2v) is 10.3. The van der Waals surface area contributed by atoms with Gasteiger partial charge in [0.25, 0.3) is 5.69 Å². The topological polar surface area (TPSA) is 185 Å². The van der Waals surface area contributed by atoms with E-state index in [0.717, 1.165) is 0 Å². The molecule has 0 aliphatic heterocycles. The zero-order valence-electron chi connectivity index (χ0n) is 20.0. The van der Waals surface area contributed by atoms with Crippen LogP contribution in [0.2, 0.25) is 0 Å². The van der Waals surface area contributed by atoms with Crippen molar-refractivity contribution in [2.75, 3.05) is 5.75 Å². The van der Waals surface area contributed by atoms with E-state index in [1.807, 2.05) is 13.8 Å². The number of nitro groups is 1. The van der Waals surface area contributed by atoms with E-state index in [0.29, 0.717) is 24.0 Å². The minimum atomic E-state index is -4.63. The average molecular weight is 525 g/mol. The van der Waals surface area contributed by atoms with E-state index in [1.165, 1.54) is 36.4 Å². The summed E-state index contributed by atoms with van der Waals surface area (Å²) < 4.78 is 34.7. The van der Waals surface area contributed by atoms with Crippen LogP contribution in [0.1, 0.15) is 50.2 Å². The molecule has 1 N–H and O–H groups in total. The molecule has 0 saturated carbocycles. The van der Waals surface area contributed by atoms with E-state index in [4.69, 9.17) is 0 Å². The molecule has 0 fully saturated rings. The van der Waals surface area contributed by atoms with E-state index in [1.54, 1.807) is 6.08 Å². The van der Waals surface area contributed by atoms with Crippen LogP contribution in [0.4, 0.5) is 17.1 Å². The Morgan fingerprint density at radius 2 is 1.81 bits per heavy atom. The molecule has 1 atom stereocenters. The summed E-state index contributed by atoms with van der Waals surface area (Å²) in [5, 5.41) is 40.3. The number of allylic oxidation sites excluding steroid dienone is 1. The van der Waals surface area contributed by atoms with Crippen LogP contribution in [0.25, 0.3) is 5.57 Å².